The molecule has 0 amide bonds. The van der Waals surface area contributed by atoms with E-state index in [1.165, 1.54) is 21.7 Å². The number of hydrogen-bond acceptors (Lipinski definition) is 4. The first kappa shape index (κ1) is 12.6. The molecule has 3 aromatic rings. The molecule has 0 radical (unpaired) electrons. The van der Waals surface area contributed by atoms with Gasteiger partial charge < -0.3 is 5.32 Å². The zero-order chi connectivity index (χ0) is 13.9. The highest BCUT2D eigenvalue weighted by Gasteiger charge is 2.06. The fraction of sp³-hybridized carbons (Fsp3) is 0.0667. The molecule has 3 rings (SSSR count). The number of nitrogens with one attached hydrogen (secondary N) is 1. The maximum atomic E-state index is 10.7. The standard InChI is InChI=1S/C15H12N2O2S/c18-17(19)13-5-3-4-12(8-13)16-9-11-10-20-15-7-2-1-6-14(11)15/h1-8,10,16H,9H2. The molecule has 1 N–H and O–H groups in total. The number of nitro groups is 1. The number of benzene rings is 2. The zero-order valence-electron chi connectivity index (χ0n) is 10.6. The average molecular weight is 284 g/mol. The molecule has 0 aliphatic heterocycles. The minimum absolute atomic E-state index is 0.102. The van der Waals surface area contributed by atoms with Crippen molar-refractivity contribution in [3.05, 3.63) is 69.6 Å². The summed E-state index contributed by atoms with van der Waals surface area (Å²) in [5.41, 5.74) is 2.07. The molecule has 2 aromatic carbocycles. The van der Waals surface area contributed by atoms with Crippen molar-refractivity contribution < 1.29 is 4.92 Å². The number of anilines is 1. The number of hydrogen-bond donors (Lipinski definition) is 1. The van der Waals surface area contributed by atoms with Gasteiger partial charge in [0.05, 0.1) is 4.92 Å². The van der Waals surface area contributed by atoms with Gasteiger partial charge in [-0.2, -0.15) is 0 Å². The maximum Gasteiger partial charge on any atom is 0.271 e. The van der Waals surface area contributed by atoms with Crippen molar-refractivity contribution in [3.8, 4) is 0 Å². The van der Waals surface area contributed by atoms with Gasteiger partial charge in [0.1, 0.15) is 0 Å². The number of rotatable bonds is 4. The van der Waals surface area contributed by atoms with Gasteiger partial charge in [0.2, 0.25) is 0 Å². The van der Waals surface area contributed by atoms with E-state index >= 15 is 0 Å². The number of fused-ring (bicyclic) bond motifs is 1. The highest BCUT2D eigenvalue weighted by molar-refractivity contribution is 7.17. The molecule has 0 atom stereocenters. The normalized spacial score (nSPS) is 10.6. The molecular weight excluding hydrogens is 272 g/mol. The SMILES string of the molecule is O=[N+]([O-])c1cccc(NCc2csc3ccccc23)c1. The van der Waals surface area contributed by atoms with E-state index in [0.717, 1.165) is 5.69 Å². The van der Waals surface area contributed by atoms with E-state index in [-0.39, 0.29) is 10.6 Å². The predicted octanol–water partition coefficient (Wildman–Crippen LogP) is 4.42. The molecule has 0 bridgehead atoms. The molecule has 100 valence electrons. The summed E-state index contributed by atoms with van der Waals surface area (Å²) in [6.45, 7) is 0.658. The van der Waals surface area contributed by atoms with Crippen LogP contribution in [0.2, 0.25) is 0 Å². The molecule has 1 heterocycles. The van der Waals surface area contributed by atoms with Crippen LogP contribution in [0, 0.1) is 10.1 Å². The minimum atomic E-state index is -0.384. The Kier molecular flexibility index (Phi) is 3.35. The zero-order valence-corrected chi connectivity index (χ0v) is 11.4. The Bertz CT molecular complexity index is 767. The van der Waals surface area contributed by atoms with Gasteiger partial charge in [-0.25, -0.2) is 0 Å². The molecule has 0 fully saturated rings. The van der Waals surface area contributed by atoms with E-state index < -0.39 is 0 Å². The van der Waals surface area contributed by atoms with Crippen molar-refractivity contribution >= 4 is 32.8 Å². The van der Waals surface area contributed by atoms with E-state index in [1.54, 1.807) is 23.5 Å². The summed E-state index contributed by atoms with van der Waals surface area (Å²) in [5.74, 6) is 0. The molecule has 0 saturated heterocycles. The summed E-state index contributed by atoms with van der Waals surface area (Å²) < 4.78 is 1.25. The molecule has 0 aliphatic rings. The first-order valence-electron chi connectivity index (χ1n) is 6.17. The first-order valence-corrected chi connectivity index (χ1v) is 7.05. The molecule has 0 spiro atoms. The van der Waals surface area contributed by atoms with Crippen molar-refractivity contribution in [3.63, 3.8) is 0 Å². The maximum absolute atomic E-state index is 10.7. The third-order valence-corrected chi connectivity index (χ3v) is 4.11. The van der Waals surface area contributed by atoms with Crippen LogP contribution in [0.4, 0.5) is 11.4 Å². The van der Waals surface area contributed by atoms with Crippen molar-refractivity contribution in [1.82, 2.24) is 0 Å². The average Bonchev–Trinajstić information content (AvgIpc) is 2.89. The summed E-state index contributed by atoms with van der Waals surface area (Å²) >= 11 is 1.71. The Morgan fingerprint density at radius 3 is 2.85 bits per heavy atom. The number of nitro benzene ring substituents is 1. The lowest BCUT2D eigenvalue weighted by atomic mass is 10.2. The summed E-state index contributed by atoms with van der Waals surface area (Å²) in [6, 6.07) is 14.8. The summed E-state index contributed by atoms with van der Waals surface area (Å²) in [5, 5.41) is 17.3. The van der Waals surface area contributed by atoms with E-state index in [2.05, 4.69) is 22.8 Å². The van der Waals surface area contributed by atoms with E-state index in [0.29, 0.717) is 6.54 Å². The van der Waals surface area contributed by atoms with Gasteiger partial charge >= 0.3 is 0 Å². The quantitative estimate of drug-likeness (QED) is 0.570. The fourth-order valence-corrected chi connectivity index (χ4v) is 3.06. The number of thiophene rings is 1. The van der Waals surface area contributed by atoms with Gasteiger partial charge in [-0.1, -0.05) is 24.3 Å². The lowest BCUT2D eigenvalue weighted by Crippen LogP contribution is -1.99. The third-order valence-electron chi connectivity index (χ3n) is 3.10. The summed E-state index contributed by atoms with van der Waals surface area (Å²) in [4.78, 5) is 10.4. The number of non-ortho nitro benzene ring substituents is 1. The van der Waals surface area contributed by atoms with Gasteiger partial charge in [-0.15, -0.1) is 11.3 Å². The van der Waals surface area contributed by atoms with Crippen molar-refractivity contribution in [2.45, 2.75) is 6.54 Å². The predicted molar refractivity (Wildman–Crippen MR) is 82.2 cm³/mol. The van der Waals surface area contributed by atoms with Crippen LogP contribution < -0.4 is 5.32 Å². The molecule has 0 aliphatic carbocycles. The van der Waals surface area contributed by atoms with Gasteiger partial charge in [-0.05, 0) is 28.5 Å². The second-order valence-corrected chi connectivity index (χ2v) is 5.33. The van der Waals surface area contributed by atoms with Gasteiger partial charge in [0.15, 0.2) is 0 Å². The van der Waals surface area contributed by atoms with Gasteiger partial charge in [0.25, 0.3) is 5.69 Å². The Labute approximate surface area is 119 Å². The Hall–Kier alpha value is -2.40. The summed E-state index contributed by atoms with van der Waals surface area (Å²) in [7, 11) is 0. The van der Waals surface area contributed by atoms with Crippen LogP contribution in [0.1, 0.15) is 5.56 Å². The molecule has 20 heavy (non-hydrogen) atoms. The largest absolute Gasteiger partial charge is 0.381 e. The molecule has 1 aromatic heterocycles. The third kappa shape index (κ3) is 2.48. The minimum Gasteiger partial charge on any atom is -0.381 e. The van der Waals surface area contributed by atoms with Crippen molar-refractivity contribution in [2.24, 2.45) is 0 Å². The smallest absolute Gasteiger partial charge is 0.271 e. The lowest BCUT2D eigenvalue weighted by Gasteiger charge is -2.05. The lowest BCUT2D eigenvalue weighted by molar-refractivity contribution is -0.384. The van der Waals surface area contributed by atoms with Crippen molar-refractivity contribution in [2.75, 3.05) is 5.32 Å². The van der Waals surface area contributed by atoms with Crippen LogP contribution in [0.15, 0.2) is 53.9 Å². The number of nitrogens with zero attached hydrogens (tertiary/aromatic N) is 1. The monoisotopic (exact) mass is 284 g/mol. The fourth-order valence-electron chi connectivity index (χ4n) is 2.10. The van der Waals surface area contributed by atoms with Crippen LogP contribution >= 0.6 is 11.3 Å². The Morgan fingerprint density at radius 2 is 2.00 bits per heavy atom. The Balaban J connectivity index is 1.79. The van der Waals surface area contributed by atoms with E-state index in [4.69, 9.17) is 0 Å². The topological polar surface area (TPSA) is 55.2 Å². The second kappa shape index (κ2) is 5.30. The van der Waals surface area contributed by atoms with Crippen LogP contribution in [-0.4, -0.2) is 4.92 Å². The molecule has 0 saturated carbocycles. The molecule has 4 nitrogen and oxygen atoms in total. The van der Waals surface area contributed by atoms with Crippen LogP contribution in [0.5, 0.6) is 0 Å². The van der Waals surface area contributed by atoms with E-state index in [9.17, 15) is 10.1 Å². The van der Waals surface area contributed by atoms with E-state index in [1.807, 2.05) is 18.2 Å². The molecule has 5 heteroatoms. The molecular formula is C15H12N2O2S. The summed E-state index contributed by atoms with van der Waals surface area (Å²) in [6.07, 6.45) is 0. The van der Waals surface area contributed by atoms with Crippen LogP contribution in [-0.2, 0) is 6.54 Å². The van der Waals surface area contributed by atoms with Gasteiger partial charge in [0, 0.05) is 29.1 Å². The first-order chi connectivity index (χ1) is 9.74. The van der Waals surface area contributed by atoms with Crippen LogP contribution in [0.25, 0.3) is 10.1 Å². The van der Waals surface area contributed by atoms with Gasteiger partial charge in [-0.3, -0.25) is 10.1 Å². The second-order valence-electron chi connectivity index (χ2n) is 4.42. The van der Waals surface area contributed by atoms with Crippen LogP contribution in [0.3, 0.4) is 0 Å². The molecule has 0 unspecified atom stereocenters. The highest BCUT2D eigenvalue weighted by Crippen LogP contribution is 2.26. The van der Waals surface area contributed by atoms with Crippen molar-refractivity contribution in [1.29, 1.82) is 0 Å². The highest BCUT2D eigenvalue weighted by atomic mass is 32.1. The Morgan fingerprint density at radius 1 is 1.15 bits per heavy atom.